The average Bonchev–Trinajstić information content (AvgIpc) is 1.71. The molecule has 0 aliphatic heterocycles. The molecule has 0 bridgehead atoms. The first-order chi connectivity index (χ1) is 60.7. The van der Waals surface area contributed by atoms with Crippen LogP contribution in [-0.2, 0) is 28.4 Å². The van der Waals surface area contributed by atoms with E-state index in [1.165, 1.54) is 20.9 Å². The van der Waals surface area contributed by atoms with Crippen LogP contribution in [0.2, 0.25) is 0 Å². The molecule has 15 rings (SSSR count). The van der Waals surface area contributed by atoms with E-state index in [-0.39, 0.29) is 55.6 Å². The van der Waals surface area contributed by atoms with Crippen molar-refractivity contribution in [2.75, 3.05) is 41.7 Å². The maximum atomic E-state index is 14.8. The highest BCUT2D eigenvalue weighted by atomic mass is 32.1. The second-order valence-corrected chi connectivity index (χ2v) is 43.6. The lowest BCUT2D eigenvalue weighted by atomic mass is 9.62. The van der Waals surface area contributed by atoms with Crippen molar-refractivity contribution < 1.29 is 37.2 Å². The zero-order valence-corrected chi connectivity index (χ0v) is 83.8. The molecular formula is C118H126F2O6S3. The summed E-state index contributed by atoms with van der Waals surface area (Å²) in [6, 6.07) is 57.0. The van der Waals surface area contributed by atoms with Gasteiger partial charge >= 0.3 is 0 Å². The summed E-state index contributed by atoms with van der Waals surface area (Å²) in [7, 11) is 7.02. The van der Waals surface area contributed by atoms with Gasteiger partial charge in [0.25, 0.3) is 0 Å². The number of halogens is 2. The van der Waals surface area contributed by atoms with Crippen LogP contribution in [0.25, 0.3) is 127 Å². The van der Waals surface area contributed by atoms with E-state index < -0.39 is 33.6 Å². The number of methoxy groups -OCH3 is 4. The molecule has 0 atom stereocenters. The first kappa shape index (κ1) is 96.4. The van der Waals surface area contributed by atoms with E-state index in [2.05, 4.69) is 367 Å². The third-order valence-corrected chi connectivity index (χ3v) is 28.8. The standard InChI is InChI=1S/C44H51FO2S.C40H43FO2S.C34H32O2S/c1-39(2,3)43(46-13,40(4,5)6)21-19-31-33-23-28-17-15-16-18-29(28)24-34(33)32(20-22-44(47-14,41(7,8)9)42(10,11)12)36-27-37-30(25-35(31)36)26-38(45)48-37;1-24(2)39(42-9,25(3)4)17-15-31-33-19-28-13-11-12-14-29(28)20-34(33)32(16-18-40(43-10,26(5)6)27(7)8)36-23-37-30(21-35(31)36)22-38(41)44-37;1-7-35-33(3,4)16-13-26-28-19-23-11-9-10-12-24(23)20-29(28)27(14-17-34(5,6)36-8-2)31-22-32-25(15-18-37-32)21-30(26)31/h15-18,23-27H,1-14H3;11-14,19-27H,1-10H3;9-12,15,18-22H,7-8H2,1-6H3. The molecule has 0 fully saturated rings. The fraction of sp³-hybridized carbons (Fsp3) is 0.390. The highest BCUT2D eigenvalue weighted by Crippen LogP contribution is 2.50. The summed E-state index contributed by atoms with van der Waals surface area (Å²) >= 11 is 4.07. The highest BCUT2D eigenvalue weighted by Gasteiger charge is 2.52. The van der Waals surface area contributed by atoms with Crippen LogP contribution in [0.4, 0.5) is 8.78 Å². The van der Waals surface area contributed by atoms with Crippen LogP contribution in [0.5, 0.6) is 0 Å². The van der Waals surface area contributed by atoms with Crippen LogP contribution in [0.3, 0.4) is 0 Å². The van der Waals surface area contributed by atoms with Crippen molar-refractivity contribution in [3.8, 4) is 71.0 Å². The van der Waals surface area contributed by atoms with Gasteiger partial charge in [-0.05, 0) is 259 Å². The molecule has 0 unspecified atom stereocenters. The molecule has 129 heavy (non-hydrogen) atoms. The van der Waals surface area contributed by atoms with Gasteiger partial charge in [0.15, 0.2) is 10.3 Å². The van der Waals surface area contributed by atoms with Gasteiger partial charge in [0.2, 0.25) is 0 Å². The van der Waals surface area contributed by atoms with Crippen LogP contribution in [0, 0.1) is 127 Å². The fourth-order valence-electron chi connectivity index (χ4n) is 20.1. The molecular weight excluding hydrogens is 1650 g/mol. The third kappa shape index (κ3) is 18.4. The zero-order valence-electron chi connectivity index (χ0n) is 81.3. The van der Waals surface area contributed by atoms with Crippen LogP contribution in [-0.4, -0.2) is 75.3 Å². The first-order valence-electron chi connectivity index (χ1n) is 45.2. The quantitative estimate of drug-likeness (QED) is 0.0897. The van der Waals surface area contributed by atoms with E-state index in [0.717, 1.165) is 162 Å². The van der Waals surface area contributed by atoms with Gasteiger partial charge in [0.1, 0.15) is 33.6 Å². The minimum absolute atomic E-state index is 0.176. The largest absolute Gasteiger partial charge is 0.365 e. The topological polar surface area (TPSA) is 55.4 Å². The molecule has 0 aliphatic rings. The SMILES string of the molecule is CCOC(C)(C)C#Cc1c2cc3ccccc3cc2c(C#CC(C)(C)OCC)c2cc3sccc3cc12.COC(C#Cc1c2cc3ccccc3cc2c(C#CC(OC)(C(C)(C)C)C(C)(C)C)c2cc3sc(F)cc3cc12)(C(C)(C)C)C(C)(C)C.COC(C#Cc1c2cc3ccccc3cc2c(C#CC(OC)(C(C)C)C(C)C)c2cc3sc(F)cc3cc12)(C(C)C)C(C)C. The molecule has 0 N–H and O–H groups in total. The van der Waals surface area contributed by atoms with Gasteiger partial charge in [0.05, 0.1) is 0 Å². The van der Waals surface area contributed by atoms with Gasteiger partial charge in [-0.3, -0.25) is 0 Å². The summed E-state index contributed by atoms with van der Waals surface area (Å²) in [5.74, 6) is 43.9. The fourth-order valence-corrected chi connectivity index (χ4v) is 22.6. The second kappa shape index (κ2) is 36.9. The van der Waals surface area contributed by atoms with Crippen molar-refractivity contribution in [1.29, 1.82) is 0 Å². The number of thiophene rings is 3. The first-order valence-corrected chi connectivity index (χ1v) is 47.7. The molecule has 0 spiro atoms. The summed E-state index contributed by atoms with van der Waals surface area (Å²) in [4.78, 5) is 0. The lowest BCUT2D eigenvalue weighted by Gasteiger charge is -2.48. The van der Waals surface area contributed by atoms with E-state index in [9.17, 15) is 8.78 Å². The van der Waals surface area contributed by atoms with Gasteiger partial charge in [0, 0.05) is 127 Å². The Bertz CT molecular complexity index is 6830. The van der Waals surface area contributed by atoms with Gasteiger partial charge in [-0.1, -0.05) is 282 Å². The number of rotatable bonds is 12. The van der Waals surface area contributed by atoms with E-state index in [1.807, 2.05) is 41.5 Å². The Morgan fingerprint density at radius 1 is 0.279 bits per heavy atom. The van der Waals surface area contributed by atoms with Gasteiger partial charge in [-0.15, -0.1) is 34.0 Å². The molecule has 3 heterocycles. The summed E-state index contributed by atoms with van der Waals surface area (Å²) in [6.45, 7) is 56.8. The lowest BCUT2D eigenvalue weighted by molar-refractivity contribution is -0.116. The molecule has 6 nitrogen and oxygen atoms in total. The van der Waals surface area contributed by atoms with E-state index in [1.54, 1.807) is 51.9 Å². The molecule has 0 amide bonds. The Labute approximate surface area is 777 Å². The van der Waals surface area contributed by atoms with Gasteiger partial charge in [-0.2, -0.15) is 8.78 Å². The zero-order chi connectivity index (χ0) is 93.8. The number of hydrogen-bond acceptors (Lipinski definition) is 9. The molecule has 15 aromatic rings. The monoisotopic (exact) mass is 1770 g/mol. The highest BCUT2D eigenvalue weighted by molar-refractivity contribution is 7.18. The molecule has 666 valence electrons. The molecule has 0 aliphatic carbocycles. The summed E-state index contributed by atoms with van der Waals surface area (Å²) in [6.07, 6.45) is 0. The van der Waals surface area contributed by atoms with Crippen molar-refractivity contribution in [2.24, 2.45) is 45.3 Å². The molecule has 11 heteroatoms. The number of hydrogen-bond donors (Lipinski definition) is 0. The maximum Gasteiger partial charge on any atom is 0.177 e. The molecule has 0 saturated carbocycles. The Kier molecular flexibility index (Phi) is 27.6. The van der Waals surface area contributed by atoms with Crippen molar-refractivity contribution in [2.45, 2.75) is 214 Å². The Balaban J connectivity index is 0.000000166. The van der Waals surface area contributed by atoms with Crippen molar-refractivity contribution in [3.63, 3.8) is 0 Å². The summed E-state index contributed by atoms with van der Waals surface area (Å²) in [5, 5.41) is 23.9. The molecule has 12 aromatic carbocycles. The van der Waals surface area contributed by atoms with Crippen molar-refractivity contribution >= 4 is 161 Å². The predicted octanol–water partition coefficient (Wildman–Crippen LogP) is 31.4. The number of fused-ring (bicyclic) bond motifs is 12. The van der Waals surface area contributed by atoms with Crippen LogP contribution >= 0.6 is 34.0 Å². The summed E-state index contributed by atoms with van der Waals surface area (Å²) < 4.78 is 69.3. The van der Waals surface area contributed by atoms with Crippen molar-refractivity contribution in [3.05, 3.63) is 213 Å². The Hall–Kier alpha value is -10.2. The average molecular weight is 1770 g/mol. The predicted molar refractivity (Wildman–Crippen MR) is 552 cm³/mol. The minimum Gasteiger partial charge on any atom is -0.365 e. The molecule has 0 saturated heterocycles. The lowest BCUT2D eigenvalue weighted by Crippen LogP contribution is -2.53. The van der Waals surface area contributed by atoms with Crippen molar-refractivity contribution in [1.82, 2.24) is 0 Å². The molecule has 3 aromatic heterocycles. The number of ether oxygens (including phenoxy) is 6. The normalized spacial score (nSPS) is 12.8. The number of benzene rings is 12. The van der Waals surface area contributed by atoms with Gasteiger partial charge < -0.3 is 28.4 Å². The maximum absolute atomic E-state index is 14.8. The smallest absolute Gasteiger partial charge is 0.177 e. The second-order valence-electron chi connectivity index (χ2n) is 40.6. The van der Waals surface area contributed by atoms with E-state index >= 15 is 0 Å². The van der Waals surface area contributed by atoms with Crippen LogP contribution < -0.4 is 0 Å². The Morgan fingerprint density at radius 3 is 0.752 bits per heavy atom. The molecule has 0 radical (unpaired) electrons. The summed E-state index contributed by atoms with van der Waals surface area (Å²) in [5.41, 5.74) is 0.642. The van der Waals surface area contributed by atoms with E-state index in [4.69, 9.17) is 28.4 Å². The van der Waals surface area contributed by atoms with Crippen LogP contribution in [0.15, 0.2) is 169 Å². The Morgan fingerprint density at radius 2 is 0.512 bits per heavy atom. The minimum atomic E-state index is -0.760. The van der Waals surface area contributed by atoms with Crippen LogP contribution in [0.1, 0.15) is 213 Å². The van der Waals surface area contributed by atoms with Gasteiger partial charge in [-0.25, -0.2) is 0 Å². The third-order valence-electron chi connectivity index (χ3n) is 26.2. The van der Waals surface area contributed by atoms with E-state index in [0.29, 0.717) is 13.2 Å².